The lowest BCUT2D eigenvalue weighted by molar-refractivity contribution is 1.06. The molecule has 0 atom stereocenters. The highest BCUT2D eigenvalue weighted by atomic mass is 14.9. The van der Waals surface area contributed by atoms with Crippen molar-refractivity contribution in [2.45, 2.75) is 20.4 Å². The van der Waals surface area contributed by atoms with Crippen LogP contribution >= 0.6 is 0 Å². The molecule has 0 bridgehead atoms. The first kappa shape index (κ1) is 21.9. The number of hydrogen-bond donors (Lipinski definition) is 0. The standard InChI is InChI=1S/C30H25N3/c1-21-7-6-9-25(15-21)27-16-22(2)17-28(18-27)30(32-3)33-20-26-8-4-5-10-29(26)24-13-11-23(19-31)12-14-24/h4-18H,3,20H2,1-2H3. The Hall–Kier alpha value is -4.29. The molecule has 4 rings (SSSR count). The summed E-state index contributed by atoms with van der Waals surface area (Å²) in [5.74, 6) is 0.627. The van der Waals surface area contributed by atoms with Crippen LogP contribution in [0.5, 0.6) is 0 Å². The zero-order valence-corrected chi connectivity index (χ0v) is 18.9. The summed E-state index contributed by atoms with van der Waals surface area (Å²) in [6.07, 6.45) is 0. The minimum absolute atomic E-state index is 0.484. The molecular formula is C30H25N3. The molecule has 0 fully saturated rings. The Morgan fingerprint density at radius 3 is 2.27 bits per heavy atom. The molecule has 0 aliphatic carbocycles. The summed E-state index contributed by atoms with van der Waals surface area (Å²) in [4.78, 5) is 9.09. The lowest BCUT2D eigenvalue weighted by Crippen LogP contribution is -2.00. The third kappa shape index (κ3) is 5.14. The molecule has 0 saturated heterocycles. The average Bonchev–Trinajstić information content (AvgIpc) is 2.84. The normalized spacial score (nSPS) is 11.1. The van der Waals surface area contributed by atoms with Gasteiger partial charge in [-0.2, -0.15) is 5.26 Å². The maximum atomic E-state index is 9.08. The Bertz CT molecular complexity index is 1370. The van der Waals surface area contributed by atoms with Gasteiger partial charge in [-0.15, -0.1) is 0 Å². The Morgan fingerprint density at radius 2 is 1.55 bits per heavy atom. The van der Waals surface area contributed by atoms with Crippen molar-refractivity contribution in [3.05, 3.63) is 119 Å². The molecule has 0 amide bonds. The molecular weight excluding hydrogens is 402 g/mol. The van der Waals surface area contributed by atoms with E-state index in [4.69, 9.17) is 10.3 Å². The summed E-state index contributed by atoms with van der Waals surface area (Å²) in [6.45, 7) is 8.46. The lowest BCUT2D eigenvalue weighted by Gasteiger charge is -2.10. The maximum Gasteiger partial charge on any atom is 0.154 e. The number of amidine groups is 1. The number of nitriles is 1. The van der Waals surface area contributed by atoms with Crippen LogP contribution in [-0.2, 0) is 6.54 Å². The van der Waals surface area contributed by atoms with E-state index in [0.717, 1.165) is 33.4 Å². The monoisotopic (exact) mass is 427 g/mol. The van der Waals surface area contributed by atoms with Crippen LogP contribution in [0.1, 0.15) is 27.8 Å². The van der Waals surface area contributed by atoms with Gasteiger partial charge in [0.05, 0.1) is 18.2 Å². The van der Waals surface area contributed by atoms with Crippen molar-refractivity contribution in [3.8, 4) is 28.3 Å². The molecule has 0 heterocycles. The third-order valence-electron chi connectivity index (χ3n) is 5.58. The van der Waals surface area contributed by atoms with Gasteiger partial charge in [0.2, 0.25) is 0 Å². The van der Waals surface area contributed by atoms with Crippen LogP contribution in [0.25, 0.3) is 22.3 Å². The van der Waals surface area contributed by atoms with E-state index in [2.05, 4.69) is 86.2 Å². The first-order valence-electron chi connectivity index (χ1n) is 10.9. The van der Waals surface area contributed by atoms with E-state index >= 15 is 0 Å². The Morgan fingerprint density at radius 1 is 0.788 bits per heavy atom. The lowest BCUT2D eigenvalue weighted by atomic mass is 9.98. The molecule has 4 aromatic rings. The van der Waals surface area contributed by atoms with Gasteiger partial charge in [-0.1, -0.05) is 72.3 Å². The van der Waals surface area contributed by atoms with Crippen molar-refractivity contribution in [2.24, 2.45) is 9.98 Å². The fraction of sp³-hybridized carbons (Fsp3) is 0.100. The van der Waals surface area contributed by atoms with Crippen LogP contribution in [0, 0.1) is 25.2 Å². The first-order valence-corrected chi connectivity index (χ1v) is 10.9. The van der Waals surface area contributed by atoms with Gasteiger partial charge in [0.1, 0.15) is 0 Å². The molecule has 160 valence electrons. The van der Waals surface area contributed by atoms with Crippen LogP contribution in [0.2, 0.25) is 0 Å². The van der Waals surface area contributed by atoms with E-state index in [-0.39, 0.29) is 0 Å². The summed E-state index contributed by atoms with van der Waals surface area (Å²) in [5, 5.41) is 9.08. The fourth-order valence-electron chi connectivity index (χ4n) is 3.96. The van der Waals surface area contributed by atoms with E-state index in [9.17, 15) is 0 Å². The second-order valence-electron chi connectivity index (χ2n) is 8.10. The number of hydrogen-bond acceptors (Lipinski definition) is 2. The molecule has 0 saturated carbocycles. The largest absolute Gasteiger partial charge is 0.261 e. The molecule has 0 spiro atoms. The molecule has 3 nitrogen and oxygen atoms in total. The van der Waals surface area contributed by atoms with Gasteiger partial charge in [0, 0.05) is 5.56 Å². The Balaban J connectivity index is 1.67. The van der Waals surface area contributed by atoms with Gasteiger partial charge in [0.25, 0.3) is 0 Å². The van der Waals surface area contributed by atoms with Gasteiger partial charge in [-0.25, -0.2) is 4.99 Å². The Labute approximate surface area is 195 Å². The predicted molar refractivity (Wildman–Crippen MR) is 138 cm³/mol. The van der Waals surface area contributed by atoms with Crippen molar-refractivity contribution in [1.82, 2.24) is 0 Å². The van der Waals surface area contributed by atoms with E-state index in [0.29, 0.717) is 17.9 Å². The van der Waals surface area contributed by atoms with Crippen LogP contribution in [0.3, 0.4) is 0 Å². The second-order valence-corrected chi connectivity index (χ2v) is 8.10. The van der Waals surface area contributed by atoms with Crippen LogP contribution in [0.15, 0.2) is 101 Å². The van der Waals surface area contributed by atoms with Gasteiger partial charge in [0.15, 0.2) is 5.84 Å². The number of aliphatic imine (C=N–C) groups is 2. The van der Waals surface area contributed by atoms with Gasteiger partial charge < -0.3 is 0 Å². The molecule has 4 aromatic carbocycles. The fourth-order valence-corrected chi connectivity index (χ4v) is 3.96. The number of aryl methyl sites for hydroxylation is 2. The topological polar surface area (TPSA) is 48.5 Å². The highest BCUT2D eigenvalue weighted by molar-refractivity contribution is 6.02. The third-order valence-corrected chi connectivity index (χ3v) is 5.58. The molecule has 0 N–H and O–H groups in total. The van der Waals surface area contributed by atoms with Gasteiger partial charge in [-0.05, 0) is 78.2 Å². The van der Waals surface area contributed by atoms with Crippen LogP contribution in [-0.4, -0.2) is 12.6 Å². The molecule has 0 unspecified atom stereocenters. The summed E-state index contributed by atoms with van der Waals surface area (Å²) >= 11 is 0. The summed E-state index contributed by atoms with van der Waals surface area (Å²) in [6, 6.07) is 32.9. The smallest absolute Gasteiger partial charge is 0.154 e. The van der Waals surface area contributed by atoms with E-state index in [1.807, 2.05) is 36.4 Å². The van der Waals surface area contributed by atoms with Crippen molar-refractivity contribution in [3.63, 3.8) is 0 Å². The van der Waals surface area contributed by atoms with Crippen molar-refractivity contribution < 1.29 is 0 Å². The Kier molecular flexibility index (Phi) is 6.57. The minimum Gasteiger partial charge on any atom is -0.261 e. The van der Waals surface area contributed by atoms with E-state index in [1.54, 1.807) is 0 Å². The number of rotatable bonds is 5. The maximum absolute atomic E-state index is 9.08. The number of benzene rings is 4. The molecule has 3 heteroatoms. The highest BCUT2D eigenvalue weighted by Crippen LogP contribution is 2.26. The molecule has 0 radical (unpaired) electrons. The molecule has 0 aliphatic heterocycles. The van der Waals surface area contributed by atoms with E-state index in [1.165, 1.54) is 11.1 Å². The van der Waals surface area contributed by atoms with Gasteiger partial charge in [-0.3, -0.25) is 4.99 Å². The van der Waals surface area contributed by atoms with E-state index < -0.39 is 0 Å². The zero-order chi connectivity index (χ0) is 23.2. The van der Waals surface area contributed by atoms with Crippen molar-refractivity contribution in [2.75, 3.05) is 0 Å². The highest BCUT2D eigenvalue weighted by Gasteiger charge is 2.09. The predicted octanol–water partition coefficient (Wildman–Crippen LogP) is 7.16. The quantitative estimate of drug-likeness (QED) is 0.246. The van der Waals surface area contributed by atoms with Crippen molar-refractivity contribution in [1.29, 1.82) is 5.26 Å². The van der Waals surface area contributed by atoms with Crippen molar-refractivity contribution >= 4 is 12.6 Å². The zero-order valence-electron chi connectivity index (χ0n) is 18.9. The average molecular weight is 428 g/mol. The second kappa shape index (κ2) is 9.89. The molecule has 33 heavy (non-hydrogen) atoms. The summed E-state index contributed by atoms with van der Waals surface area (Å²) in [7, 11) is 0. The molecule has 0 aromatic heterocycles. The SMILES string of the molecule is C=NC(=NCc1ccccc1-c1ccc(C#N)cc1)c1cc(C)cc(-c2cccc(C)c2)c1. The first-order chi connectivity index (χ1) is 16.1. The van der Waals surface area contributed by atoms with Crippen LogP contribution < -0.4 is 0 Å². The molecule has 0 aliphatic rings. The van der Waals surface area contributed by atoms with Gasteiger partial charge >= 0.3 is 0 Å². The minimum atomic E-state index is 0.484. The summed E-state index contributed by atoms with van der Waals surface area (Å²) in [5.41, 5.74) is 9.55. The summed E-state index contributed by atoms with van der Waals surface area (Å²) < 4.78 is 0. The number of nitrogens with zero attached hydrogens (tertiary/aromatic N) is 3. The van der Waals surface area contributed by atoms with Crippen LogP contribution in [0.4, 0.5) is 0 Å².